The van der Waals surface area contributed by atoms with Crippen LogP contribution in [0.15, 0.2) is 0 Å². The van der Waals surface area contributed by atoms with Crippen molar-refractivity contribution in [2.75, 3.05) is 33.5 Å². The summed E-state index contributed by atoms with van der Waals surface area (Å²) < 4.78 is 26.5. The number of carbonyl (C=O) groups is 4. The fraction of sp³-hybridized carbons (Fsp3) is 0.882. The van der Waals surface area contributed by atoms with Crippen LogP contribution in [0.3, 0.4) is 0 Å². The number of esters is 4. The molecule has 43 heavy (non-hydrogen) atoms. The molecule has 0 aromatic carbocycles. The minimum atomic E-state index is -0.841. The summed E-state index contributed by atoms with van der Waals surface area (Å²) in [5.41, 5.74) is 0. The lowest BCUT2D eigenvalue weighted by molar-refractivity contribution is -0.167. The molecule has 0 aliphatic rings. The highest BCUT2D eigenvalue weighted by atomic mass is 16.6. The Morgan fingerprint density at radius 2 is 0.930 bits per heavy atom. The summed E-state index contributed by atoms with van der Waals surface area (Å²) in [7, 11) is 1.54. The van der Waals surface area contributed by atoms with Crippen molar-refractivity contribution in [3.8, 4) is 0 Å². The van der Waals surface area contributed by atoms with Crippen molar-refractivity contribution in [1.82, 2.24) is 0 Å². The first-order valence-corrected chi connectivity index (χ1v) is 17.0. The van der Waals surface area contributed by atoms with Crippen molar-refractivity contribution in [3.05, 3.63) is 0 Å². The largest absolute Gasteiger partial charge is 0.465 e. The Bertz CT molecular complexity index is 676. The third kappa shape index (κ3) is 27.1. The van der Waals surface area contributed by atoms with Crippen LogP contribution in [0.4, 0.5) is 0 Å². The quantitative estimate of drug-likeness (QED) is 0.0457. The number of ether oxygens (including phenoxy) is 5. The lowest BCUT2D eigenvalue weighted by Gasteiger charge is -2.18. The SMILES string of the molecule is CCCCCCCCCC(=O)OCC(COC(=O)CCCCCCCCC)OC(=O)CCCCCOC(=O)C(C)COC. The standard InChI is InChI=1S/C34H62O9/c1-5-7-9-11-13-15-18-22-31(35)41-27-30(28-42-32(36)23-19-16-14-12-10-8-6-2)43-33(37)24-20-17-21-25-40-34(38)29(3)26-39-4/h29-30H,5-28H2,1-4H3. The molecule has 1 atom stereocenters. The van der Waals surface area contributed by atoms with E-state index in [1.165, 1.54) is 58.5 Å². The third-order valence-electron chi connectivity index (χ3n) is 7.22. The molecule has 0 rings (SSSR count). The van der Waals surface area contributed by atoms with Crippen LogP contribution >= 0.6 is 0 Å². The van der Waals surface area contributed by atoms with Crippen LogP contribution in [0, 0.1) is 5.92 Å². The molecule has 0 bridgehead atoms. The Balaban J connectivity index is 4.46. The molecule has 0 aliphatic heterocycles. The Hall–Kier alpha value is -2.16. The van der Waals surface area contributed by atoms with Crippen LogP contribution in [-0.4, -0.2) is 63.5 Å². The van der Waals surface area contributed by atoms with Crippen molar-refractivity contribution in [2.24, 2.45) is 5.92 Å². The normalized spacial score (nSPS) is 11.7. The summed E-state index contributed by atoms with van der Waals surface area (Å²) in [6.07, 6.45) is 17.3. The molecular weight excluding hydrogens is 552 g/mol. The number of carbonyl (C=O) groups excluding carboxylic acids is 4. The summed E-state index contributed by atoms with van der Waals surface area (Å²) >= 11 is 0. The summed E-state index contributed by atoms with van der Waals surface area (Å²) in [5.74, 6) is -1.72. The van der Waals surface area contributed by atoms with Gasteiger partial charge in [-0.05, 0) is 39.0 Å². The summed E-state index contributed by atoms with van der Waals surface area (Å²) in [4.78, 5) is 48.8. The molecule has 0 fully saturated rings. The van der Waals surface area contributed by atoms with Crippen LogP contribution in [0.1, 0.15) is 149 Å². The Labute approximate surface area is 261 Å². The molecule has 9 heteroatoms. The second-order valence-electron chi connectivity index (χ2n) is 11.6. The van der Waals surface area contributed by atoms with Crippen molar-refractivity contribution in [2.45, 2.75) is 155 Å². The fourth-order valence-corrected chi connectivity index (χ4v) is 4.51. The van der Waals surface area contributed by atoms with Crippen molar-refractivity contribution >= 4 is 23.9 Å². The molecule has 0 aromatic heterocycles. The molecule has 0 N–H and O–H groups in total. The molecule has 0 heterocycles. The smallest absolute Gasteiger partial charge is 0.310 e. The molecular formula is C34H62O9. The summed E-state index contributed by atoms with van der Waals surface area (Å²) in [6, 6.07) is 0. The Morgan fingerprint density at radius 1 is 0.512 bits per heavy atom. The molecule has 0 aromatic rings. The molecule has 0 aliphatic carbocycles. The predicted octanol–water partition coefficient (Wildman–Crippen LogP) is 7.65. The fourth-order valence-electron chi connectivity index (χ4n) is 4.51. The third-order valence-corrected chi connectivity index (χ3v) is 7.22. The van der Waals surface area contributed by atoms with E-state index in [1.807, 2.05) is 0 Å². The zero-order valence-electron chi connectivity index (χ0n) is 27.8. The number of unbranched alkanes of at least 4 members (excludes halogenated alkanes) is 14. The molecule has 1 unspecified atom stereocenters. The second kappa shape index (κ2) is 29.9. The number of methoxy groups -OCH3 is 1. The first-order valence-electron chi connectivity index (χ1n) is 17.0. The van der Waals surface area contributed by atoms with Gasteiger partial charge in [-0.1, -0.05) is 90.9 Å². The van der Waals surface area contributed by atoms with Crippen LogP contribution in [-0.2, 0) is 42.9 Å². The lowest BCUT2D eigenvalue weighted by Crippen LogP contribution is -2.30. The van der Waals surface area contributed by atoms with Gasteiger partial charge in [-0.15, -0.1) is 0 Å². The molecule has 0 saturated carbocycles. The van der Waals surface area contributed by atoms with Gasteiger partial charge in [-0.2, -0.15) is 0 Å². The van der Waals surface area contributed by atoms with E-state index in [9.17, 15) is 19.2 Å². The van der Waals surface area contributed by atoms with E-state index >= 15 is 0 Å². The summed E-state index contributed by atoms with van der Waals surface area (Å²) in [6.45, 7) is 6.45. The van der Waals surface area contributed by atoms with Gasteiger partial charge in [0.15, 0.2) is 6.10 Å². The topological polar surface area (TPSA) is 114 Å². The van der Waals surface area contributed by atoms with Crippen LogP contribution in [0.2, 0.25) is 0 Å². The van der Waals surface area contributed by atoms with Gasteiger partial charge < -0.3 is 23.7 Å². The van der Waals surface area contributed by atoms with E-state index in [4.69, 9.17) is 23.7 Å². The predicted molar refractivity (Wildman–Crippen MR) is 167 cm³/mol. The van der Waals surface area contributed by atoms with Crippen LogP contribution < -0.4 is 0 Å². The van der Waals surface area contributed by atoms with E-state index in [0.29, 0.717) is 38.7 Å². The zero-order chi connectivity index (χ0) is 32.0. The minimum Gasteiger partial charge on any atom is -0.465 e. The van der Waals surface area contributed by atoms with Crippen molar-refractivity contribution in [1.29, 1.82) is 0 Å². The summed E-state index contributed by atoms with van der Waals surface area (Å²) in [5, 5.41) is 0. The highest BCUT2D eigenvalue weighted by molar-refractivity contribution is 5.72. The molecule has 0 spiro atoms. The number of hydrogen-bond donors (Lipinski definition) is 0. The van der Waals surface area contributed by atoms with Crippen LogP contribution in [0.25, 0.3) is 0 Å². The van der Waals surface area contributed by atoms with E-state index in [0.717, 1.165) is 38.5 Å². The Kier molecular flexibility index (Phi) is 28.4. The van der Waals surface area contributed by atoms with Gasteiger partial charge in [0.25, 0.3) is 0 Å². The van der Waals surface area contributed by atoms with Gasteiger partial charge in [0, 0.05) is 26.4 Å². The number of hydrogen-bond acceptors (Lipinski definition) is 9. The van der Waals surface area contributed by atoms with Gasteiger partial charge in [0.05, 0.1) is 19.1 Å². The van der Waals surface area contributed by atoms with E-state index in [-0.39, 0.29) is 50.1 Å². The first-order chi connectivity index (χ1) is 20.8. The van der Waals surface area contributed by atoms with Gasteiger partial charge in [-0.3, -0.25) is 19.2 Å². The average Bonchev–Trinajstić information content (AvgIpc) is 2.99. The van der Waals surface area contributed by atoms with Crippen molar-refractivity contribution < 1.29 is 42.9 Å². The zero-order valence-corrected chi connectivity index (χ0v) is 27.8. The van der Waals surface area contributed by atoms with Crippen molar-refractivity contribution in [3.63, 3.8) is 0 Å². The van der Waals surface area contributed by atoms with Gasteiger partial charge in [0.2, 0.25) is 0 Å². The maximum absolute atomic E-state index is 12.5. The van der Waals surface area contributed by atoms with Gasteiger partial charge >= 0.3 is 23.9 Å². The molecule has 9 nitrogen and oxygen atoms in total. The first kappa shape index (κ1) is 40.8. The highest BCUT2D eigenvalue weighted by Crippen LogP contribution is 2.12. The molecule has 252 valence electrons. The van der Waals surface area contributed by atoms with Gasteiger partial charge in [-0.25, -0.2) is 0 Å². The van der Waals surface area contributed by atoms with E-state index in [2.05, 4.69) is 13.8 Å². The minimum absolute atomic E-state index is 0.138. The van der Waals surface area contributed by atoms with E-state index < -0.39 is 12.1 Å². The molecule has 0 amide bonds. The average molecular weight is 615 g/mol. The van der Waals surface area contributed by atoms with Crippen LogP contribution in [0.5, 0.6) is 0 Å². The maximum atomic E-state index is 12.5. The number of rotatable bonds is 30. The molecule has 0 radical (unpaired) electrons. The highest BCUT2D eigenvalue weighted by Gasteiger charge is 2.20. The van der Waals surface area contributed by atoms with E-state index in [1.54, 1.807) is 6.92 Å². The Morgan fingerprint density at radius 3 is 1.40 bits per heavy atom. The lowest BCUT2D eigenvalue weighted by atomic mass is 10.1. The second-order valence-corrected chi connectivity index (χ2v) is 11.6. The molecule has 0 saturated heterocycles. The van der Waals surface area contributed by atoms with Gasteiger partial charge in [0.1, 0.15) is 13.2 Å². The maximum Gasteiger partial charge on any atom is 0.310 e. The monoisotopic (exact) mass is 614 g/mol.